The Balaban J connectivity index is -0.000000430. The summed E-state index contributed by atoms with van der Waals surface area (Å²) in [4.78, 5) is 13.3. The van der Waals surface area contributed by atoms with Crippen molar-refractivity contribution in [3.8, 4) is 0 Å². The van der Waals surface area contributed by atoms with Crippen LogP contribution in [0.15, 0.2) is 78.9 Å². The number of benzene rings is 3. The van der Waals surface area contributed by atoms with Gasteiger partial charge in [0.2, 0.25) is 0 Å². The van der Waals surface area contributed by atoms with Gasteiger partial charge in [-0.3, -0.25) is 0 Å². The molecule has 37 heavy (non-hydrogen) atoms. The monoisotopic (exact) mass is 509 g/mol. The molecule has 0 spiro atoms. The summed E-state index contributed by atoms with van der Waals surface area (Å²) in [6, 6.07) is 26.3. The third-order valence-corrected chi connectivity index (χ3v) is 5.03. The van der Waals surface area contributed by atoms with Crippen LogP contribution >= 0.6 is 0 Å². The first-order chi connectivity index (χ1) is 17.9. The molecule has 0 aliphatic rings. The molecule has 0 unspecified atom stereocenters. The van der Waals surface area contributed by atoms with Crippen molar-refractivity contribution < 1.29 is 9.53 Å². The number of ether oxygens (including phenoxy) is 1. The molecule has 0 saturated heterocycles. The van der Waals surface area contributed by atoms with Gasteiger partial charge in [-0.15, -0.1) is 0 Å². The van der Waals surface area contributed by atoms with Crippen molar-refractivity contribution in [2.45, 2.75) is 75.7 Å². The van der Waals surface area contributed by atoms with Crippen LogP contribution in [0.4, 0.5) is 0 Å². The zero-order chi connectivity index (χ0) is 29.1. The summed E-state index contributed by atoms with van der Waals surface area (Å²) in [6.45, 7) is 22.6. The van der Waals surface area contributed by atoms with E-state index in [2.05, 4.69) is 92.1 Å². The molecule has 0 saturated carbocycles. The number of rotatable bonds is 5. The molecule has 3 heteroatoms. The van der Waals surface area contributed by atoms with Crippen LogP contribution in [0, 0.1) is 20.8 Å². The van der Waals surface area contributed by atoms with Crippen LogP contribution < -0.4 is 0 Å². The molecule has 3 aromatic rings. The highest BCUT2D eigenvalue weighted by Crippen LogP contribution is 2.04. The topological polar surface area (TPSA) is 29.5 Å². The van der Waals surface area contributed by atoms with Crippen molar-refractivity contribution in [1.82, 2.24) is 4.90 Å². The van der Waals surface area contributed by atoms with Crippen LogP contribution in [0.2, 0.25) is 0 Å². The average Bonchev–Trinajstić information content (AvgIpc) is 2.97. The van der Waals surface area contributed by atoms with Gasteiger partial charge < -0.3 is 9.64 Å². The van der Waals surface area contributed by atoms with E-state index in [9.17, 15) is 4.79 Å². The molecule has 0 bridgehead atoms. The first kappa shape index (κ1) is 38.6. The standard InChI is InChI=1S/C11H17N.C9H10O2.C8H10.3C2H6/c1-3-12(2)10-9-11-7-5-4-6-8-11;1-7-4-3-5-8(6-7)9(10)11-2;1-7-5-3-4-6-8(7)2;3*1-2/h4-8H,3,9-10H2,1-2H3;3-6H,1-2H3;3-6H,1-2H3;3*1-2H3. The Morgan fingerprint density at radius 2 is 1.22 bits per heavy atom. The Labute approximate surface area is 229 Å². The summed E-state index contributed by atoms with van der Waals surface area (Å²) >= 11 is 0. The van der Waals surface area contributed by atoms with Gasteiger partial charge in [0, 0.05) is 6.54 Å². The van der Waals surface area contributed by atoms with Gasteiger partial charge in [-0.05, 0) is 69.6 Å². The second kappa shape index (κ2) is 27.7. The smallest absolute Gasteiger partial charge is 0.337 e. The summed E-state index contributed by atoms with van der Waals surface area (Å²) in [7, 11) is 3.54. The van der Waals surface area contributed by atoms with Crippen LogP contribution in [-0.4, -0.2) is 38.1 Å². The Morgan fingerprint density at radius 3 is 1.62 bits per heavy atom. The average molecular weight is 510 g/mol. The maximum absolute atomic E-state index is 10.9. The van der Waals surface area contributed by atoms with Crippen LogP contribution in [0.1, 0.15) is 81.1 Å². The summed E-state index contributed by atoms with van der Waals surface area (Å²) < 4.78 is 4.55. The fraction of sp³-hybridized carbons (Fsp3) is 0.441. The van der Waals surface area contributed by atoms with Gasteiger partial charge in [0.15, 0.2) is 0 Å². The second-order valence-electron chi connectivity index (χ2n) is 7.58. The lowest BCUT2D eigenvalue weighted by Crippen LogP contribution is -2.20. The van der Waals surface area contributed by atoms with Gasteiger partial charge in [-0.1, -0.05) is 121 Å². The molecule has 0 aromatic heterocycles. The minimum atomic E-state index is -0.284. The molecule has 3 rings (SSSR count). The first-order valence-electron chi connectivity index (χ1n) is 13.8. The highest BCUT2D eigenvalue weighted by Gasteiger charge is 2.02. The van der Waals surface area contributed by atoms with Crippen LogP contribution in [0.5, 0.6) is 0 Å². The second-order valence-corrected chi connectivity index (χ2v) is 7.58. The molecule has 0 heterocycles. The largest absolute Gasteiger partial charge is 0.465 e. The molecule has 3 nitrogen and oxygen atoms in total. The third kappa shape index (κ3) is 20.9. The Bertz CT molecular complexity index is 870. The zero-order valence-corrected chi connectivity index (χ0v) is 25.9. The quantitative estimate of drug-likeness (QED) is 0.321. The van der Waals surface area contributed by atoms with Gasteiger partial charge in [0.05, 0.1) is 12.7 Å². The summed E-state index contributed by atoms with van der Waals surface area (Å²) in [5, 5.41) is 0. The maximum Gasteiger partial charge on any atom is 0.337 e. The highest BCUT2D eigenvalue weighted by molar-refractivity contribution is 5.89. The molecule has 0 atom stereocenters. The van der Waals surface area contributed by atoms with Crippen LogP contribution in [0.3, 0.4) is 0 Å². The lowest BCUT2D eigenvalue weighted by molar-refractivity contribution is 0.0600. The van der Waals surface area contributed by atoms with E-state index < -0.39 is 0 Å². The molecular formula is C34H55NO2. The van der Waals surface area contributed by atoms with E-state index in [0.717, 1.165) is 25.1 Å². The number of hydrogen-bond acceptors (Lipinski definition) is 3. The van der Waals surface area contributed by atoms with Crippen molar-refractivity contribution >= 4 is 5.97 Å². The van der Waals surface area contributed by atoms with Crippen LogP contribution in [-0.2, 0) is 11.2 Å². The summed E-state index contributed by atoms with van der Waals surface area (Å²) in [5.41, 5.74) is 5.83. The number of carbonyl (C=O) groups excluding carboxylic acids is 1. The van der Waals surface area contributed by atoms with E-state index in [1.807, 2.05) is 60.6 Å². The van der Waals surface area contributed by atoms with E-state index >= 15 is 0 Å². The SMILES string of the molecule is CC.CC.CC.CCN(C)CCc1ccccc1.COC(=O)c1cccc(C)c1.Cc1ccccc1C. The van der Waals surface area contributed by atoms with Gasteiger partial charge >= 0.3 is 5.97 Å². The minimum absolute atomic E-state index is 0.284. The molecule has 0 aliphatic carbocycles. The van der Waals surface area contributed by atoms with Crippen molar-refractivity contribution in [2.24, 2.45) is 0 Å². The van der Waals surface area contributed by atoms with E-state index in [4.69, 9.17) is 0 Å². The summed E-state index contributed by atoms with van der Waals surface area (Å²) in [5.74, 6) is -0.284. The molecule has 0 radical (unpaired) electrons. The highest BCUT2D eigenvalue weighted by atomic mass is 16.5. The molecule has 0 fully saturated rings. The number of carbonyl (C=O) groups is 1. The third-order valence-electron chi connectivity index (χ3n) is 5.03. The molecule has 208 valence electrons. The Morgan fingerprint density at radius 1 is 0.730 bits per heavy atom. The number of likely N-dealkylation sites (N-methyl/N-ethyl adjacent to an activating group) is 1. The van der Waals surface area contributed by atoms with E-state index in [0.29, 0.717) is 5.56 Å². The number of methoxy groups -OCH3 is 1. The summed E-state index contributed by atoms with van der Waals surface area (Å²) in [6.07, 6.45) is 1.16. The fourth-order valence-electron chi connectivity index (χ4n) is 2.68. The van der Waals surface area contributed by atoms with Crippen molar-refractivity contribution in [1.29, 1.82) is 0 Å². The Hall–Kier alpha value is -2.91. The molecule has 0 N–H and O–H groups in total. The maximum atomic E-state index is 10.9. The molecule has 0 aliphatic heterocycles. The number of hydrogen-bond donors (Lipinski definition) is 0. The minimum Gasteiger partial charge on any atom is -0.465 e. The zero-order valence-electron chi connectivity index (χ0n) is 25.9. The predicted octanol–water partition coefficient (Wildman–Crippen LogP) is 9.34. The lowest BCUT2D eigenvalue weighted by atomic mass is 10.1. The van der Waals surface area contributed by atoms with E-state index in [1.54, 1.807) is 12.1 Å². The molecule has 0 amide bonds. The van der Waals surface area contributed by atoms with Crippen molar-refractivity contribution in [3.05, 3.63) is 107 Å². The Kier molecular flexibility index (Phi) is 28.9. The number of esters is 1. The van der Waals surface area contributed by atoms with Gasteiger partial charge in [-0.25, -0.2) is 4.79 Å². The van der Waals surface area contributed by atoms with Gasteiger partial charge in [-0.2, -0.15) is 0 Å². The van der Waals surface area contributed by atoms with Gasteiger partial charge in [0.1, 0.15) is 0 Å². The van der Waals surface area contributed by atoms with E-state index in [-0.39, 0.29) is 5.97 Å². The molecule has 3 aromatic carbocycles. The lowest BCUT2D eigenvalue weighted by Gasteiger charge is -2.12. The normalized spacial score (nSPS) is 8.68. The fourth-order valence-corrected chi connectivity index (χ4v) is 2.68. The number of aryl methyl sites for hydroxylation is 3. The van der Waals surface area contributed by atoms with Crippen molar-refractivity contribution in [2.75, 3.05) is 27.2 Å². The molecular weight excluding hydrogens is 454 g/mol. The number of nitrogens with zero attached hydrogens (tertiary/aromatic N) is 1. The van der Waals surface area contributed by atoms with Crippen LogP contribution in [0.25, 0.3) is 0 Å². The van der Waals surface area contributed by atoms with E-state index in [1.165, 1.54) is 23.8 Å². The predicted molar refractivity (Wildman–Crippen MR) is 166 cm³/mol. The first-order valence-corrected chi connectivity index (χ1v) is 13.8. The van der Waals surface area contributed by atoms with Crippen molar-refractivity contribution in [3.63, 3.8) is 0 Å². The van der Waals surface area contributed by atoms with Gasteiger partial charge in [0.25, 0.3) is 0 Å².